The lowest BCUT2D eigenvalue weighted by molar-refractivity contribution is -0.358. The molecule has 6 heteroatoms. The second kappa shape index (κ2) is 6.61. The molecule has 0 atom stereocenters. The van der Waals surface area contributed by atoms with E-state index < -0.39 is 6.97 Å². The number of halogens is 3. The van der Waals surface area contributed by atoms with Gasteiger partial charge in [-0.05, 0) is 47.4 Å². The molecule has 2 aliphatic rings. The van der Waals surface area contributed by atoms with Gasteiger partial charge in [0, 0.05) is 23.4 Å². The molecule has 0 saturated carbocycles. The Balaban J connectivity index is 1.76. The zero-order valence-electron chi connectivity index (χ0n) is 15.2. The molecule has 2 aliphatic heterocycles. The van der Waals surface area contributed by atoms with Gasteiger partial charge < -0.3 is 17.6 Å². The maximum atomic E-state index is 15.6. The van der Waals surface area contributed by atoms with E-state index in [2.05, 4.69) is 11.8 Å². The second-order valence-electron chi connectivity index (χ2n) is 6.83. The first-order valence-electron chi connectivity index (χ1n) is 9.18. The second-order valence-corrected chi connectivity index (χ2v) is 7.22. The maximum absolute atomic E-state index is 15.6. The quantitative estimate of drug-likeness (QED) is 0.395. The van der Waals surface area contributed by atoms with E-state index in [9.17, 15) is 0 Å². The zero-order chi connectivity index (χ0) is 20.0. The average molecular weight is 403 g/mol. The van der Waals surface area contributed by atoms with Crippen LogP contribution in [-0.4, -0.2) is 21.1 Å². The molecule has 3 heterocycles. The maximum Gasteiger partial charge on any atom is 0.739 e. The van der Waals surface area contributed by atoms with E-state index in [0.29, 0.717) is 17.0 Å². The van der Waals surface area contributed by atoms with Crippen molar-refractivity contribution in [2.24, 2.45) is 0 Å². The van der Waals surface area contributed by atoms with Crippen molar-refractivity contribution < 1.29 is 13.1 Å². The van der Waals surface area contributed by atoms with Crippen LogP contribution in [-0.2, 0) is 0 Å². The summed E-state index contributed by atoms with van der Waals surface area (Å²) in [5, 5.41) is -0.000232. The van der Waals surface area contributed by atoms with Gasteiger partial charge in [0.05, 0.1) is 11.3 Å². The molecule has 140 valence electrons. The summed E-state index contributed by atoms with van der Waals surface area (Å²) in [5.41, 5.74) is 3.40. The molecule has 2 aromatic carbocycles. The highest BCUT2D eigenvalue weighted by atomic mass is 35.5. The third-order valence-corrected chi connectivity index (χ3v) is 5.40. The van der Waals surface area contributed by atoms with Crippen LogP contribution < -0.4 is 0 Å². The number of hydrogen-bond acceptors (Lipinski definition) is 0. The molecule has 2 nitrogen and oxygen atoms in total. The van der Waals surface area contributed by atoms with Crippen molar-refractivity contribution >= 4 is 29.3 Å². The first-order chi connectivity index (χ1) is 14.1. The smallest absolute Gasteiger partial charge is 0.389 e. The fourth-order valence-corrected chi connectivity index (χ4v) is 4.11. The van der Waals surface area contributed by atoms with Crippen LogP contribution >= 0.6 is 11.6 Å². The highest BCUT2D eigenvalue weighted by Crippen LogP contribution is 2.40. The topological polar surface area (TPSA) is 7.94 Å². The van der Waals surface area contributed by atoms with E-state index in [0.717, 1.165) is 20.1 Å². The third kappa shape index (κ3) is 2.76. The van der Waals surface area contributed by atoms with Crippen LogP contribution in [0.2, 0.25) is 0 Å². The van der Waals surface area contributed by atoms with Crippen LogP contribution in [0.4, 0.5) is 8.63 Å². The van der Waals surface area contributed by atoms with E-state index in [4.69, 9.17) is 11.6 Å². The lowest BCUT2D eigenvalue weighted by atomic mass is 9.86. The number of fused-ring (bicyclic) bond motifs is 2. The van der Waals surface area contributed by atoms with Crippen molar-refractivity contribution in [1.82, 2.24) is 4.48 Å². The summed E-state index contributed by atoms with van der Waals surface area (Å²) >= 11 is 6.19. The molecule has 29 heavy (non-hydrogen) atoms. The molecule has 1 aromatic heterocycles. The van der Waals surface area contributed by atoms with Crippen LogP contribution in [0.5, 0.6) is 0 Å². The van der Waals surface area contributed by atoms with Crippen molar-refractivity contribution in [2.75, 3.05) is 0 Å². The minimum atomic E-state index is -4.18. The molecule has 0 unspecified atom stereocenters. The molecule has 0 saturated heterocycles. The summed E-state index contributed by atoms with van der Waals surface area (Å²) in [4.78, 5) is 0. The largest absolute Gasteiger partial charge is 0.739 e. The molecular weight excluding hydrogens is 389 g/mol. The van der Waals surface area contributed by atoms with Gasteiger partial charge in [-0.25, -0.2) is 0 Å². The Kier molecular flexibility index (Phi) is 4.04. The van der Waals surface area contributed by atoms with Gasteiger partial charge in [-0.2, -0.15) is 0 Å². The van der Waals surface area contributed by atoms with E-state index in [1.807, 2.05) is 60.7 Å². The Hall–Kier alpha value is -3.36. The standard InChI is InChI=1S/C23H14BClF2N2/c25-22-16-15-21-23(18-9-5-2-6-10-18)20-14-13-19(28(20)24(26,27)29(21)22)12-11-17-7-3-1-4-8-17/h1-10,13-16H. The van der Waals surface area contributed by atoms with Crippen LogP contribution in [0.1, 0.15) is 22.5 Å². The summed E-state index contributed by atoms with van der Waals surface area (Å²) in [7, 11) is 0. The van der Waals surface area contributed by atoms with Crippen molar-refractivity contribution in [1.29, 1.82) is 0 Å². The molecule has 3 aromatic rings. The van der Waals surface area contributed by atoms with Gasteiger partial charge in [-0.3, -0.25) is 0 Å². The van der Waals surface area contributed by atoms with Gasteiger partial charge >= 0.3 is 6.97 Å². The van der Waals surface area contributed by atoms with Gasteiger partial charge in [0.25, 0.3) is 0 Å². The molecule has 0 aliphatic carbocycles. The summed E-state index contributed by atoms with van der Waals surface area (Å²) < 4.78 is 33.2. The number of allylic oxidation sites excluding steroid dienone is 2. The van der Waals surface area contributed by atoms with E-state index >= 15 is 8.63 Å². The highest BCUT2D eigenvalue weighted by Gasteiger charge is 2.54. The van der Waals surface area contributed by atoms with Crippen molar-refractivity contribution in [2.45, 2.75) is 0 Å². The van der Waals surface area contributed by atoms with E-state index in [1.165, 1.54) is 6.08 Å². The fraction of sp³-hybridized carbons (Fsp3) is 0. The Morgan fingerprint density at radius 3 is 2.24 bits per heavy atom. The minimum Gasteiger partial charge on any atom is -0.389 e. The minimum absolute atomic E-state index is 0.000232. The monoisotopic (exact) mass is 402 g/mol. The summed E-state index contributed by atoms with van der Waals surface area (Å²) in [6, 6.07) is 22.1. The molecular formula is C23H14BClF2N2. The lowest BCUT2D eigenvalue weighted by Crippen LogP contribution is -2.51. The van der Waals surface area contributed by atoms with E-state index in [1.54, 1.807) is 18.2 Å². The van der Waals surface area contributed by atoms with Gasteiger partial charge in [0.1, 0.15) is 0 Å². The third-order valence-electron chi connectivity index (χ3n) is 5.09. The molecule has 0 spiro atoms. The van der Waals surface area contributed by atoms with Gasteiger partial charge in [-0.15, -0.1) is 0 Å². The first-order valence-corrected chi connectivity index (χ1v) is 9.56. The zero-order valence-corrected chi connectivity index (χ0v) is 15.9. The predicted octanol–water partition coefficient (Wildman–Crippen LogP) is 5.10. The van der Waals surface area contributed by atoms with Crippen molar-refractivity contribution in [3.8, 4) is 11.8 Å². The Labute approximate surface area is 172 Å². The molecule has 0 bridgehead atoms. The Morgan fingerprint density at radius 2 is 1.52 bits per heavy atom. The fourth-order valence-electron chi connectivity index (χ4n) is 3.84. The molecule has 5 rings (SSSR count). The SMILES string of the molecule is F[B-]1(F)n2c(C#Cc3ccccc3)ccc2C(c2ccccc2)=C2C=CC(Cl)=[N+]21. The predicted molar refractivity (Wildman–Crippen MR) is 113 cm³/mol. The van der Waals surface area contributed by atoms with Crippen LogP contribution in [0.3, 0.4) is 0 Å². The number of aromatic nitrogens is 1. The highest BCUT2D eigenvalue weighted by molar-refractivity contribution is 6.70. The number of nitrogens with zero attached hydrogens (tertiary/aromatic N) is 2. The van der Waals surface area contributed by atoms with Crippen LogP contribution in [0, 0.1) is 11.8 Å². The van der Waals surface area contributed by atoms with Gasteiger partial charge in [-0.1, -0.05) is 54.5 Å². The van der Waals surface area contributed by atoms with Crippen molar-refractivity contribution in [3.05, 3.63) is 113 Å². The van der Waals surface area contributed by atoms with Gasteiger partial charge in [0.15, 0.2) is 5.70 Å². The normalized spacial score (nSPS) is 16.4. The summed E-state index contributed by atoms with van der Waals surface area (Å²) in [6.07, 6.45) is 3.16. The molecule has 0 radical (unpaired) electrons. The van der Waals surface area contributed by atoms with Crippen LogP contribution in [0.15, 0.2) is 90.6 Å². The number of benzene rings is 2. The number of hydrogen-bond donors (Lipinski definition) is 0. The molecule has 0 fully saturated rings. The first kappa shape index (κ1) is 17.7. The van der Waals surface area contributed by atoms with Crippen molar-refractivity contribution in [3.63, 3.8) is 0 Å². The number of rotatable bonds is 1. The molecule has 0 N–H and O–H groups in total. The summed E-state index contributed by atoms with van der Waals surface area (Å²) in [6.45, 7) is -4.18. The lowest BCUT2D eigenvalue weighted by Gasteiger charge is -2.32. The Bertz CT molecular complexity index is 1280. The van der Waals surface area contributed by atoms with E-state index in [-0.39, 0.29) is 10.9 Å². The average Bonchev–Trinajstić information content (AvgIpc) is 3.33. The molecule has 0 amide bonds. The van der Waals surface area contributed by atoms with Gasteiger partial charge in [0.2, 0.25) is 5.17 Å². The summed E-state index contributed by atoms with van der Waals surface area (Å²) in [5.74, 6) is 5.89. The van der Waals surface area contributed by atoms with Crippen LogP contribution in [0.25, 0.3) is 5.57 Å². The Morgan fingerprint density at radius 1 is 0.828 bits per heavy atom.